The predicted molar refractivity (Wildman–Crippen MR) is 67.6 cm³/mol. The first-order valence-electron chi connectivity index (χ1n) is 6.36. The molecule has 1 N–H and O–H groups in total. The molecule has 0 saturated heterocycles. The maximum Gasteiger partial charge on any atom is 0.165 e. The van der Waals surface area contributed by atoms with Crippen molar-refractivity contribution in [2.45, 2.75) is 39.3 Å². The van der Waals surface area contributed by atoms with E-state index in [1.807, 2.05) is 11.7 Å². The van der Waals surface area contributed by atoms with E-state index in [4.69, 9.17) is 0 Å². The molecular weight excluding hydrogens is 216 g/mol. The summed E-state index contributed by atoms with van der Waals surface area (Å²) in [6, 6.07) is 0. The van der Waals surface area contributed by atoms with Crippen molar-refractivity contribution in [3.63, 3.8) is 0 Å². The molecule has 0 amide bonds. The number of hydrogen-bond donors (Lipinski definition) is 1. The normalized spacial score (nSPS) is 11.3. The van der Waals surface area contributed by atoms with Gasteiger partial charge in [-0.05, 0) is 50.5 Å². The van der Waals surface area contributed by atoms with Crippen LogP contribution in [0.2, 0.25) is 0 Å². The lowest BCUT2D eigenvalue weighted by Gasteiger charge is -2.15. The van der Waals surface area contributed by atoms with Crippen LogP contribution in [0.4, 0.5) is 0 Å². The molecule has 0 aliphatic rings. The molecule has 0 saturated carbocycles. The highest BCUT2D eigenvalue weighted by molar-refractivity contribution is 4.80. The average molecular weight is 240 g/mol. The van der Waals surface area contributed by atoms with E-state index in [-0.39, 0.29) is 0 Å². The Hall–Kier alpha value is -1.01. The fourth-order valence-electron chi connectivity index (χ4n) is 1.66. The highest BCUT2D eigenvalue weighted by Crippen LogP contribution is 2.01. The van der Waals surface area contributed by atoms with E-state index in [1.165, 1.54) is 0 Å². The number of nitrogens with zero attached hydrogens (tertiary/aromatic N) is 5. The molecule has 0 aromatic carbocycles. The molecule has 6 heteroatoms. The predicted octanol–water partition coefficient (Wildman–Crippen LogP) is 0.515. The van der Waals surface area contributed by atoms with Crippen LogP contribution in [-0.2, 0) is 13.1 Å². The highest BCUT2D eigenvalue weighted by atomic mass is 15.5. The highest BCUT2D eigenvalue weighted by Gasteiger charge is 2.08. The van der Waals surface area contributed by atoms with Gasteiger partial charge in [0.15, 0.2) is 5.82 Å². The molecule has 0 aliphatic carbocycles. The fraction of sp³-hybridized carbons (Fsp3) is 0.909. The Labute approximate surface area is 103 Å². The first-order chi connectivity index (χ1) is 8.27. The van der Waals surface area contributed by atoms with E-state index in [1.54, 1.807) is 0 Å². The van der Waals surface area contributed by atoms with Crippen LogP contribution in [0.5, 0.6) is 0 Å². The van der Waals surface area contributed by atoms with Crippen LogP contribution < -0.4 is 5.32 Å². The van der Waals surface area contributed by atoms with E-state index in [9.17, 15) is 0 Å². The second kappa shape index (κ2) is 8.14. The number of nitrogens with one attached hydrogen (secondary N) is 1. The fourth-order valence-corrected chi connectivity index (χ4v) is 1.66. The van der Waals surface area contributed by atoms with Gasteiger partial charge in [0.25, 0.3) is 0 Å². The number of tetrazole rings is 1. The summed E-state index contributed by atoms with van der Waals surface area (Å²) in [7, 11) is 4.08. The van der Waals surface area contributed by atoms with Crippen LogP contribution >= 0.6 is 0 Å². The van der Waals surface area contributed by atoms with E-state index in [0.717, 1.165) is 51.3 Å². The molecule has 1 rings (SSSR count). The zero-order chi connectivity index (χ0) is 12.5. The Morgan fingerprint density at radius 3 is 2.88 bits per heavy atom. The minimum atomic E-state index is 0.820. The van der Waals surface area contributed by atoms with Gasteiger partial charge in [0.2, 0.25) is 0 Å². The van der Waals surface area contributed by atoms with Gasteiger partial charge < -0.3 is 5.32 Å². The third-order valence-corrected chi connectivity index (χ3v) is 2.71. The van der Waals surface area contributed by atoms with Gasteiger partial charge in [-0.1, -0.05) is 13.3 Å². The number of unbranched alkanes of at least 4 members (excludes halogenated alkanes) is 1. The van der Waals surface area contributed by atoms with Crippen molar-refractivity contribution in [2.75, 3.05) is 27.2 Å². The van der Waals surface area contributed by atoms with E-state index < -0.39 is 0 Å². The lowest BCUT2D eigenvalue weighted by Crippen LogP contribution is -2.24. The van der Waals surface area contributed by atoms with Gasteiger partial charge in [-0.3, -0.25) is 4.90 Å². The van der Waals surface area contributed by atoms with Gasteiger partial charge >= 0.3 is 0 Å². The van der Waals surface area contributed by atoms with Gasteiger partial charge in [-0.15, -0.1) is 5.10 Å². The number of aromatic nitrogens is 4. The van der Waals surface area contributed by atoms with Crippen molar-refractivity contribution >= 4 is 0 Å². The monoisotopic (exact) mass is 240 g/mol. The minimum absolute atomic E-state index is 0.820. The first-order valence-corrected chi connectivity index (χ1v) is 6.36. The van der Waals surface area contributed by atoms with Gasteiger partial charge in [-0.2, -0.15) is 0 Å². The SMILES string of the molecule is CCCCn1nnnc1CN(C)CCCNC. The van der Waals surface area contributed by atoms with Crippen molar-refractivity contribution in [2.24, 2.45) is 0 Å². The van der Waals surface area contributed by atoms with Crippen molar-refractivity contribution in [1.29, 1.82) is 0 Å². The zero-order valence-corrected chi connectivity index (χ0v) is 11.2. The Kier molecular flexibility index (Phi) is 6.73. The lowest BCUT2D eigenvalue weighted by molar-refractivity contribution is 0.304. The molecule has 6 nitrogen and oxygen atoms in total. The summed E-state index contributed by atoms with van der Waals surface area (Å²) in [5, 5.41) is 15.0. The zero-order valence-electron chi connectivity index (χ0n) is 11.2. The molecule has 0 unspecified atom stereocenters. The summed E-state index contributed by atoms with van der Waals surface area (Å²) >= 11 is 0. The molecule has 0 aliphatic heterocycles. The summed E-state index contributed by atoms with van der Waals surface area (Å²) in [5.74, 6) is 0.963. The summed E-state index contributed by atoms with van der Waals surface area (Å²) in [6.07, 6.45) is 3.43. The van der Waals surface area contributed by atoms with E-state index >= 15 is 0 Å². The lowest BCUT2D eigenvalue weighted by atomic mass is 10.3. The van der Waals surface area contributed by atoms with Crippen LogP contribution in [0.1, 0.15) is 32.0 Å². The Bertz CT molecular complexity index is 298. The molecule has 0 fully saturated rings. The van der Waals surface area contributed by atoms with Gasteiger partial charge in [0.1, 0.15) is 0 Å². The topological polar surface area (TPSA) is 58.9 Å². The van der Waals surface area contributed by atoms with Crippen LogP contribution in [0.15, 0.2) is 0 Å². The molecule has 17 heavy (non-hydrogen) atoms. The molecule has 98 valence electrons. The standard InChI is InChI=1S/C11H24N6/c1-4-5-9-17-11(13-14-15-17)10-16(3)8-6-7-12-2/h12H,4-10H2,1-3H3. The van der Waals surface area contributed by atoms with Crippen molar-refractivity contribution < 1.29 is 0 Å². The largest absolute Gasteiger partial charge is 0.320 e. The van der Waals surface area contributed by atoms with Crippen molar-refractivity contribution in [3.8, 4) is 0 Å². The Morgan fingerprint density at radius 1 is 1.35 bits per heavy atom. The minimum Gasteiger partial charge on any atom is -0.320 e. The summed E-state index contributed by atoms with van der Waals surface area (Å²) < 4.78 is 1.91. The molecular formula is C11H24N6. The average Bonchev–Trinajstić information content (AvgIpc) is 2.74. The van der Waals surface area contributed by atoms with Crippen LogP contribution in [0, 0.1) is 0 Å². The number of rotatable bonds is 9. The third-order valence-electron chi connectivity index (χ3n) is 2.71. The summed E-state index contributed by atoms with van der Waals surface area (Å²) in [4.78, 5) is 2.26. The quantitative estimate of drug-likeness (QED) is 0.638. The molecule has 0 radical (unpaired) electrons. The van der Waals surface area contributed by atoms with Gasteiger partial charge in [-0.25, -0.2) is 4.68 Å². The van der Waals surface area contributed by atoms with E-state index in [0.29, 0.717) is 0 Å². The smallest absolute Gasteiger partial charge is 0.165 e. The summed E-state index contributed by atoms with van der Waals surface area (Å²) in [6.45, 7) is 6.02. The second-order valence-corrected chi connectivity index (χ2v) is 4.37. The number of aryl methyl sites for hydroxylation is 1. The van der Waals surface area contributed by atoms with Crippen LogP contribution in [0.3, 0.4) is 0 Å². The maximum absolute atomic E-state index is 4.08. The number of hydrogen-bond acceptors (Lipinski definition) is 5. The third kappa shape index (κ3) is 5.23. The van der Waals surface area contributed by atoms with Crippen molar-refractivity contribution in [1.82, 2.24) is 30.4 Å². The van der Waals surface area contributed by atoms with Crippen LogP contribution in [0.25, 0.3) is 0 Å². The second-order valence-electron chi connectivity index (χ2n) is 4.37. The molecule has 1 heterocycles. The maximum atomic E-state index is 4.08. The Balaban J connectivity index is 2.36. The van der Waals surface area contributed by atoms with E-state index in [2.05, 4.69) is 39.7 Å². The first kappa shape index (κ1) is 14.1. The van der Waals surface area contributed by atoms with Gasteiger partial charge in [0, 0.05) is 6.54 Å². The molecule has 0 atom stereocenters. The summed E-state index contributed by atoms with van der Waals surface area (Å²) in [5.41, 5.74) is 0. The van der Waals surface area contributed by atoms with Gasteiger partial charge in [0.05, 0.1) is 6.54 Å². The van der Waals surface area contributed by atoms with Crippen LogP contribution in [-0.4, -0.2) is 52.3 Å². The molecule has 1 aromatic heterocycles. The Morgan fingerprint density at radius 2 is 2.18 bits per heavy atom. The van der Waals surface area contributed by atoms with Crippen molar-refractivity contribution in [3.05, 3.63) is 5.82 Å². The molecule has 0 spiro atoms. The molecule has 1 aromatic rings. The molecule has 0 bridgehead atoms.